The van der Waals surface area contributed by atoms with E-state index >= 15 is 0 Å². The lowest BCUT2D eigenvalue weighted by Gasteiger charge is -2.12. The fourth-order valence-electron chi connectivity index (χ4n) is 1.47. The topological polar surface area (TPSA) is 26.0 Å². The quantitative estimate of drug-likeness (QED) is 0.504. The molecule has 0 aromatic carbocycles. The van der Waals surface area contributed by atoms with Crippen molar-refractivity contribution in [1.29, 1.82) is 0 Å². The molecule has 1 heteroatoms. The van der Waals surface area contributed by atoms with Crippen LogP contribution < -0.4 is 5.73 Å². The highest BCUT2D eigenvalue weighted by molar-refractivity contribution is 4.82. The highest BCUT2D eigenvalue weighted by Gasteiger charge is 2.26. The van der Waals surface area contributed by atoms with E-state index in [0.717, 1.165) is 11.8 Å². The summed E-state index contributed by atoms with van der Waals surface area (Å²) in [7, 11) is 0. The molecule has 0 aliphatic heterocycles. The second-order valence-corrected chi connectivity index (χ2v) is 3.11. The lowest BCUT2D eigenvalue weighted by molar-refractivity contribution is 0.456. The molecule has 0 aromatic heterocycles. The second kappa shape index (κ2) is 2.06. The summed E-state index contributed by atoms with van der Waals surface area (Å²) in [5, 5.41) is 0. The van der Waals surface area contributed by atoms with Crippen molar-refractivity contribution in [3.8, 4) is 0 Å². The van der Waals surface area contributed by atoms with Crippen molar-refractivity contribution in [3.63, 3.8) is 0 Å². The summed E-state index contributed by atoms with van der Waals surface area (Å²) in [5.74, 6) is 1.54. The van der Waals surface area contributed by atoms with Gasteiger partial charge in [-0.1, -0.05) is 13.8 Å². The number of hydrogen-bond acceptors (Lipinski definition) is 1. The Balaban J connectivity index is 2.44. The lowest BCUT2D eigenvalue weighted by atomic mass is 10.0. The minimum absolute atomic E-state index is 0.481. The average Bonchev–Trinajstić information content (AvgIpc) is 1.98. The summed E-state index contributed by atoms with van der Waals surface area (Å²) < 4.78 is 0. The first-order valence-corrected chi connectivity index (χ1v) is 3.47. The average molecular weight is 113 g/mol. The van der Waals surface area contributed by atoms with Crippen molar-refractivity contribution in [3.05, 3.63) is 0 Å². The highest BCUT2D eigenvalue weighted by atomic mass is 14.7. The molecule has 0 saturated heterocycles. The molecule has 1 aliphatic rings. The molecule has 48 valence electrons. The second-order valence-electron chi connectivity index (χ2n) is 3.11. The van der Waals surface area contributed by atoms with E-state index in [1.165, 1.54) is 12.8 Å². The van der Waals surface area contributed by atoms with Crippen LogP contribution in [0.4, 0.5) is 0 Å². The number of hydrogen-bond donors (Lipinski definition) is 1. The van der Waals surface area contributed by atoms with Gasteiger partial charge in [0.05, 0.1) is 0 Å². The van der Waals surface area contributed by atoms with E-state index in [0.29, 0.717) is 6.04 Å². The Bertz CT molecular complexity index is 70.5. The first kappa shape index (κ1) is 6.09. The molecule has 1 nitrogen and oxygen atoms in total. The van der Waals surface area contributed by atoms with Gasteiger partial charge in [0, 0.05) is 6.04 Å². The van der Waals surface area contributed by atoms with Crippen molar-refractivity contribution in [1.82, 2.24) is 0 Å². The monoisotopic (exact) mass is 113 g/mol. The fourth-order valence-corrected chi connectivity index (χ4v) is 1.47. The van der Waals surface area contributed by atoms with Gasteiger partial charge in [0.25, 0.3) is 0 Å². The van der Waals surface area contributed by atoms with Crippen molar-refractivity contribution in [2.45, 2.75) is 32.7 Å². The third-order valence-corrected chi connectivity index (χ3v) is 2.39. The molecule has 2 unspecified atom stereocenters. The molecule has 1 aliphatic carbocycles. The van der Waals surface area contributed by atoms with E-state index in [9.17, 15) is 0 Å². The van der Waals surface area contributed by atoms with Gasteiger partial charge in [-0.25, -0.2) is 0 Å². The summed E-state index contributed by atoms with van der Waals surface area (Å²) in [5.41, 5.74) is 5.82. The minimum atomic E-state index is 0.481. The lowest BCUT2D eigenvalue weighted by Crippen LogP contribution is -2.27. The predicted octanol–water partition coefficient (Wildman–Crippen LogP) is 1.38. The van der Waals surface area contributed by atoms with Crippen LogP contribution in [0.2, 0.25) is 0 Å². The molecule has 1 saturated carbocycles. The molecule has 8 heavy (non-hydrogen) atoms. The van der Waals surface area contributed by atoms with E-state index < -0.39 is 0 Å². The van der Waals surface area contributed by atoms with Gasteiger partial charge in [0.2, 0.25) is 0 Å². The van der Waals surface area contributed by atoms with E-state index in [-0.39, 0.29) is 0 Å². The summed E-state index contributed by atoms with van der Waals surface area (Å²) in [6.45, 7) is 4.49. The molecule has 0 heterocycles. The molecule has 0 radical (unpaired) electrons. The maximum absolute atomic E-state index is 5.82. The standard InChI is InChI=1S/C7H15N/c1-5-3-4-6(2)7(5)8/h5-7H,3-4,8H2,1-2H3/t5-,6?,7?/m1/s1. The molecule has 0 bridgehead atoms. The van der Waals surface area contributed by atoms with Crippen LogP contribution in [-0.4, -0.2) is 6.04 Å². The normalized spacial score (nSPS) is 47.6. The molecule has 0 aromatic rings. The van der Waals surface area contributed by atoms with Crippen molar-refractivity contribution in [2.24, 2.45) is 17.6 Å². The van der Waals surface area contributed by atoms with Crippen LogP contribution in [0.1, 0.15) is 26.7 Å². The van der Waals surface area contributed by atoms with Gasteiger partial charge in [-0.15, -0.1) is 0 Å². The zero-order chi connectivity index (χ0) is 6.15. The van der Waals surface area contributed by atoms with Gasteiger partial charge < -0.3 is 5.73 Å². The molecular formula is C7H15N. The van der Waals surface area contributed by atoms with E-state index in [1.807, 2.05) is 0 Å². The Morgan fingerprint density at radius 3 is 1.62 bits per heavy atom. The smallest absolute Gasteiger partial charge is 0.00903 e. The molecule has 0 spiro atoms. The molecule has 2 N–H and O–H groups in total. The van der Waals surface area contributed by atoms with E-state index in [2.05, 4.69) is 13.8 Å². The Morgan fingerprint density at radius 2 is 1.50 bits per heavy atom. The van der Waals surface area contributed by atoms with Gasteiger partial charge in [-0.3, -0.25) is 0 Å². The van der Waals surface area contributed by atoms with Gasteiger partial charge in [0.15, 0.2) is 0 Å². The summed E-state index contributed by atoms with van der Waals surface area (Å²) in [6, 6.07) is 0.481. The fraction of sp³-hybridized carbons (Fsp3) is 1.00. The maximum Gasteiger partial charge on any atom is 0.00903 e. The van der Waals surface area contributed by atoms with Crippen LogP contribution in [-0.2, 0) is 0 Å². The van der Waals surface area contributed by atoms with Gasteiger partial charge in [-0.2, -0.15) is 0 Å². The van der Waals surface area contributed by atoms with E-state index in [1.54, 1.807) is 0 Å². The Morgan fingerprint density at radius 1 is 1.12 bits per heavy atom. The van der Waals surface area contributed by atoms with E-state index in [4.69, 9.17) is 5.73 Å². The third-order valence-electron chi connectivity index (χ3n) is 2.39. The van der Waals surface area contributed by atoms with Crippen LogP contribution >= 0.6 is 0 Å². The molecule has 1 rings (SSSR count). The maximum atomic E-state index is 5.82. The Labute approximate surface area is 51.3 Å². The highest BCUT2D eigenvalue weighted by Crippen LogP contribution is 2.28. The molecular weight excluding hydrogens is 98.1 g/mol. The van der Waals surface area contributed by atoms with Gasteiger partial charge >= 0.3 is 0 Å². The summed E-state index contributed by atoms with van der Waals surface area (Å²) in [4.78, 5) is 0. The van der Waals surface area contributed by atoms with Crippen LogP contribution in [0.3, 0.4) is 0 Å². The van der Waals surface area contributed by atoms with Crippen LogP contribution in [0.5, 0.6) is 0 Å². The van der Waals surface area contributed by atoms with Crippen molar-refractivity contribution >= 4 is 0 Å². The number of nitrogens with two attached hydrogens (primary N) is 1. The molecule has 3 atom stereocenters. The van der Waals surface area contributed by atoms with Crippen molar-refractivity contribution < 1.29 is 0 Å². The van der Waals surface area contributed by atoms with Crippen LogP contribution in [0.15, 0.2) is 0 Å². The number of rotatable bonds is 0. The first-order valence-electron chi connectivity index (χ1n) is 3.47. The van der Waals surface area contributed by atoms with Gasteiger partial charge in [-0.05, 0) is 24.7 Å². The van der Waals surface area contributed by atoms with Crippen LogP contribution in [0.25, 0.3) is 0 Å². The van der Waals surface area contributed by atoms with Gasteiger partial charge in [0.1, 0.15) is 0 Å². The Kier molecular flexibility index (Phi) is 1.57. The minimum Gasteiger partial charge on any atom is -0.327 e. The zero-order valence-corrected chi connectivity index (χ0v) is 5.72. The summed E-state index contributed by atoms with van der Waals surface area (Å²) >= 11 is 0. The Hall–Kier alpha value is -0.0400. The third kappa shape index (κ3) is 0.873. The largest absolute Gasteiger partial charge is 0.327 e. The van der Waals surface area contributed by atoms with Crippen molar-refractivity contribution in [2.75, 3.05) is 0 Å². The van der Waals surface area contributed by atoms with Crippen LogP contribution in [0, 0.1) is 11.8 Å². The SMILES string of the molecule is CC1CC[C@@H](C)C1N. The molecule has 0 amide bonds. The first-order chi connectivity index (χ1) is 3.72. The zero-order valence-electron chi connectivity index (χ0n) is 5.72. The summed E-state index contributed by atoms with van der Waals surface area (Å²) in [6.07, 6.45) is 2.67. The molecule has 1 fully saturated rings. The predicted molar refractivity (Wildman–Crippen MR) is 35.5 cm³/mol.